The highest BCUT2D eigenvalue weighted by Crippen LogP contribution is 2.20. The van der Waals surface area contributed by atoms with Crippen LogP contribution in [0.3, 0.4) is 0 Å². The van der Waals surface area contributed by atoms with Crippen LogP contribution in [0.15, 0.2) is 42.5 Å². The van der Waals surface area contributed by atoms with Crippen LogP contribution in [0, 0.1) is 13.8 Å². The Bertz CT molecular complexity index is 756. The SMILES string of the molecule is Cc1cc(C)cc(OCC(=O)O[C@@H](C)C(=O)Nc2ccccc2Cl)c1. The van der Waals surface area contributed by atoms with E-state index in [1.54, 1.807) is 24.3 Å². The van der Waals surface area contributed by atoms with Crippen molar-refractivity contribution in [2.45, 2.75) is 26.9 Å². The van der Waals surface area contributed by atoms with Crippen molar-refractivity contribution in [3.63, 3.8) is 0 Å². The Hall–Kier alpha value is -2.53. The predicted octanol–water partition coefficient (Wildman–Crippen LogP) is 3.91. The number of rotatable bonds is 6. The summed E-state index contributed by atoms with van der Waals surface area (Å²) >= 11 is 5.98. The van der Waals surface area contributed by atoms with Gasteiger partial charge in [-0.3, -0.25) is 4.79 Å². The highest BCUT2D eigenvalue weighted by Gasteiger charge is 2.19. The summed E-state index contributed by atoms with van der Waals surface area (Å²) in [6.07, 6.45) is -0.966. The molecular formula is C19H20ClNO4. The second-order valence-corrected chi connectivity index (χ2v) is 6.12. The van der Waals surface area contributed by atoms with E-state index in [2.05, 4.69) is 5.32 Å². The lowest BCUT2D eigenvalue weighted by atomic mass is 10.1. The van der Waals surface area contributed by atoms with Gasteiger partial charge in [-0.25, -0.2) is 4.79 Å². The summed E-state index contributed by atoms with van der Waals surface area (Å²) in [5.74, 6) is -0.503. The predicted molar refractivity (Wildman–Crippen MR) is 97.0 cm³/mol. The van der Waals surface area contributed by atoms with Gasteiger partial charge < -0.3 is 14.8 Å². The molecule has 0 aliphatic heterocycles. The molecule has 25 heavy (non-hydrogen) atoms. The van der Waals surface area contributed by atoms with Crippen LogP contribution >= 0.6 is 11.6 Å². The number of carbonyl (C=O) groups is 2. The molecule has 0 fully saturated rings. The minimum atomic E-state index is -0.966. The van der Waals surface area contributed by atoms with Crippen molar-refractivity contribution in [1.29, 1.82) is 0 Å². The first-order chi connectivity index (χ1) is 11.8. The lowest BCUT2D eigenvalue weighted by Gasteiger charge is -2.14. The molecule has 0 heterocycles. The average molecular weight is 362 g/mol. The van der Waals surface area contributed by atoms with Crippen molar-refractivity contribution in [1.82, 2.24) is 0 Å². The largest absolute Gasteiger partial charge is 0.482 e. The van der Waals surface area contributed by atoms with Crippen molar-refractivity contribution >= 4 is 29.2 Å². The number of amides is 1. The molecular weight excluding hydrogens is 342 g/mol. The van der Waals surface area contributed by atoms with Crippen molar-refractivity contribution in [3.05, 3.63) is 58.6 Å². The van der Waals surface area contributed by atoms with E-state index in [1.807, 2.05) is 32.0 Å². The number of hydrogen-bond donors (Lipinski definition) is 1. The normalized spacial score (nSPS) is 11.5. The smallest absolute Gasteiger partial charge is 0.344 e. The van der Waals surface area contributed by atoms with E-state index in [0.717, 1.165) is 11.1 Å². The molecule has 2 aromatic carbocycles. The second-order valence-electron chi connectivity index (χ2n) is 5.71. The van der Waals surface area contributed by atoms with Gasteiger partial charge in [0.15, 0.2) is 12.7 Å². The lowest BCUT2D eigenvalue weighted by Crippen LogP contribution is -2.31. The molecule has 0 spiro atoms. The molecule has 2 rings (SSSR count). The fourth-order valence-corrected chi connectivity index (χ4v) is 2.42. The maximum Gasteiger partial charge on any atom is 0.344 e. The van der Waals surface area contributed by atoms with Crippen LogP contribution in [0.5, 0.6) is 5.75 Å². The number of anilines is 1. The van der Waals surface area contributed by atoms with Gasteiger partial charge >= 0.3 is 5.97 Å². The van der Waals surface area contributed by atoms with Gasteiger partial charge in [0.25, 0.3) is 5.91 Å². The van der Waals surface area contributed by atoms with E-state index >= 15 is 0 Å². The number of carbonyl (C=O) groups excluding carboxylic acids is 2. The van der Waals surface area contributed by atoms with E-state index in [-0.39, 0.29) is 6.61 Å². The first kappa shape index (κ1) is 18.8. The van der Waals surface area contributed by atoms with Crippen LogP contribution in [-0.2, 0) is 14.3 Å². The zero-order valence-electron chi connectivity index (χ0n) is 14.3. The maximum absolute atomic E-state index is 12.1. The third-order valence-electron chi connectivity index (χ3n) is 3.36. The van der Waals surface area contributed by atoms with Crippen LogP contribution in [-0.4, -0.2) is 24.6 Å². The average Bonchev–Trinajstić information content (AvgIpc) is 2.54. The molecule has 5 nitrogen and oxygen atoms in total. The number of benzene rings is 2. The third kappa shape index (κ3) is 5.80. The molecule has 0 saturated carbocycles. The number of nitrogens with one attached hydrogen (secondary N) is 1. The topological polar surface area (TPSA) is 64.6 Å². The maximum atomic E-state index is 12.1. The van der Waals surface area contributed by atoms with Gasteiger partial charge in [-0.15, -0.1) is 0 Å². The highest BCUT2D eigenvalue weighted by atomic mass is 35.5. The number of esters is 1. The van der Waals surface area contributed by atoms with Gasteiger partial charge in [-0.2, -0.15) is 0 Å². The van der Waals surface area contributed by atoms with E-state index in [4.69, 9.17) is 21.1 Å². The molecule has 1 atom stereocenters. The fourth-order valence-electron chi connectivity index (χ4n) is 2.24. The van der Waals surface area contributed by atoms with Crippen LogP contribution < -0.4 is 10.1 Å². The summed E-state index contributed by atoms with van der Waals surface area (Å²) < 4.78 is 10.5. The van der Waals surface area contributed by atoms with Gasteiger partial charge in [-0.05, 0) is 56.2 Å². The van der Waals surface area contributed by atoms with Gasteiger partial charge in [-0.1, -0.05) is 29.8 Å². The fraction of sp³-hybridized carbons (Fsp3) is 0.263. The molecule has 6 heteroatoms. The summed E-state index contributed by atoms with van der Waals surface area (Å²) in [5.41, 5.74) is 2.54. The zero-order valence-corrected chi connectivity index (χ0v) is 15.1. The Kier molecular flexibility index (Phi) is 6.42. The molecule has 1 N–H and O–H groups in total. The zero-order chi connectivity index (χ0) is 18.4. The molecule has 0 aromatic heterocycles. The Balaban J connectivity index is 1.85. The molecule has 132 valence electrons. The minimum Gasteiger partial charge on any atom is -0.482 e. The molecule has 0 aliphatic carbocycles. The molecule has 0 saturated heterocycles. The van der Waals surface area contributed by atoms with E-state index in [9.17, 15) is 9.59 Å². The van der Waals surface area contributed by atoms with E-state index < -0.39 is 18.0 Å². The van der Waals surface area contributed by atoms with E-state index in [0.29, 0.717) is 16.5 Å². The van der Waals surface area contributed by atoms with Gasteiger partial charge in [0, 0.05) is 0 Å². The van der Waals surface area contributed by atoms with Gasteiger partial charge in [0.1, 0.15) is 5.75 Å². The number of ether oxygens (including phenoxy) is 2. The second kappa shape index (κ2) is 8.53. The molecule has 0 bridgehead atoms. The Morgan fingerprint density at radius 2 is 1.76 bits per heavy atom. The van der Waals surface area contributed by atoms with Gasteiger partial charge in [0.2, 0.25) is 0 Å². The van der Waals surface area contributed by atoms with Crippen molar-refractivity contribution in [2.75, 3.05) is 11.9 Å². The molecule has 0 radical (unpaired) electrons. The summed E-state index contributed by atoms with van der Waals surface area (Å²) in [6.45, 7) is 5.10. The number of hydrogen-bond acceptors (Lipinski definition) is 4. The highest BCUT2D eigenvalue weighted by molar-refractivity contribution is 6.33. The van der Waals surface area contributed by atoms with Gasteiger partial charge in [0.05, 0.1) is 10.7 Å². The summed E-state index contributed by atoms with van der Waals surface area (Å²) in [6, 6.07) is 12.5. The quantitative estimate of drug-likeness (QED) is 0.792. The standard InChI is InChI=1S/C19H20ClNO4/c1-12-8-13(2)10-15(9-12)24-11-18(22)25-14(3)19(23)21-17-7-5-4-6-16(17)20/h4-10,14H,11H2,1-3H3,(H,21,23)/t14-/m0/s1. The molecule has 0 aliphatic rings. The summed E-state index contributed by atoms with van der Waals surface area (Å²) in [5, 5.41) is 3.02. The lowest BCUT2D eigenvalue weighted by molar-refractivity contribution is -0.155. The monoisotopic (exact) mass is 361 g/mol. The van der Waals surface area contributed by atoms with Crippen molar-refractivity contribution in [2.24, 2.45) is 0 Å². The molecule has 0 unspecified atom stereocenters. The van der Waals surface area contributed by atoms with Crippen LogP contribution in [0.4, 0.5) is 5.69 Å². The van der Waals surface area contributed by atoms with Crippen LogP contribution in [0.1, 0.15) is 18.1 Å². The first-order valence-corrected chi connectivity index (χ1v) is 8.19. The Morgan fingerprint density at radius 3 is 2.40 bits per heavy atom. The van der Waals surface area contributed by atoms with E-state index in [1.165, 1.54) is 6.92 Å². The minimum absolute atomic E-state index is 0.271. The number of para-hydroxylation sites is 1. The Morgan fingerprint density at radius 1 is 1.12 bits per heavy atom. The number of aryl methyl sites for hydroxylation is 2. The van der Waals surface area contributed by atoms with Crippen LogP contribution in [0.2, 0.25) is 5.02 Å². The van der Waals surface area contributed by atoms with Crippen molar-refractivity contribution in [3.8, 4) is 5.75 Å². The van der Waals surface area contributed by atoms with Crippen LogP contribution in [0.25, 0.3) is 0 Å². The summed E-state index contributed by atoms with van der Waals surface area (Å²) in [7, 11) is 0. The van der Waals surface area contributed by atoms with Crippen molar-refractivity contribution < 1.29 is 19.1 Å². The Labute approximate surface area is 151 Å². The molecule has 2 aromatic rings. The number of halogens is 1. The first-order valence-electron chi connectivity index (χ1n) is 7.81. The molecule has 1 amide bonds. The summed E-state index contributed by atoms with van der Waals surface area (Å²) in [4.78, 5) is 23.9. The third-order valence-corrected chi connectivity index (χ3v) is 3.69.